The van der Waals surface area contributed by atoms with Gasteiger partial charge in [-0.05, 0) is 32.9 Å². The quantitative estimate of drug-likeness (QED) is 0.870. The fourth-order valence-electron chi connectivity index (χ4n) is 1.15. The van der Waals surface area contributed by atoms with Crippen LogP contribution in [0.3, 0.4) is 0 Å². The first-order valence-corrected chi connectivity index (χ1v) is 5.97. The lowest BCUT2D eigenvalue weighted by molar-refractivity contribution is -0.137. The Bertz CT molecular complexity index is 455. The van der Waals surface area contributed by atoms with Crippen molar-refractivity contribution in [3.05, 3.63) is 29.6 Å². The molecule has 3 nitrogen and oxygen atoms in total. The molecule has 1 aromatic rings. The summed E-state index contributed by atoms with van der Waals surface area (Å²) >= 11 is 5.90. The van der Waals surface area contributed by atoms with Gasteiger partial charge in [0.25, 0.3) is 5.91 Å². The molecule has 0 spiro atoms. The lowest BCUT2D eigenvalue weighted by Gasteiger charge is -2.28. The molecule has 0 aliphatic carbocycles. The Kier molecular flexibility index (Phi) is 4.45. The summed E-state index contributed by atoms with van der Waals surface area (Å²) in [5.41, 5.74) is -1.67. The molecular weight excluding hydrogens is 281 g/mol. The summed E-state index contributed by atoms with van der Waals surface area (Å²) in [6, 6.07) is 1.85. The molecule has 0 radical (unpaired) electrons. The van der Waals surface area contributed by atoms with Crippen LogP contribution in [0.2, 0.25) is 0 Å². The first kappa shape index (κ1) is 15.8. The monoisotopic (exact) mass is 294 g/mol. The largest absolute Gasteiger partial charge is 0.417 e. The van der Waals surface area contributed by atoms with Crippen molar-refractivity contribution in [3.63, 3.8) is 0 Å². The number of alkyl halides is 4. The maximum absolute atomic E-state index is 12.3. The molecule has 0 aliphatic rings. The number of rotatable bonds is 3. The van der Waals surface area contributed by atoms with E-state index in [2.05, 4.69) is 10.3 Å². The van der Waals surface area contributed by atoms with E-state index in [4.69, 9.17) is 11.6 Å². The molecule has 19 heavy (non-hydrogen) atoms. The minimum Gasteiger partial charge on any atom is -0.344 e. The number of pyridine rings is 1. The molecule has 0 saturated carbocycles. The minimum atomic E-state index is -4.47. The SMILES string of the molecule is CC(Cl)C(C)(C)NC(=O)c1ccc(C(F)(F)F)cn1. The summed E-state index contributed by atoms with van der Waals surface area (Å²) in [6.07, 6.45) is -3.84. The Morgan fingerprint density at radius 2 is 1.95 bits per heavy atom. The first-order valence-electron chi connectivity index (χ1n) is 5.54. The van der Waals surface area contributed by atoms with Gasteiger partial charge in [0.15, 0.2) is 0 Å². The summed E-state index contributed by atoms with van der Waals surface area (Å²) in [7, 11) is 0. The molecule has 0 bridgehead atoms. The highest BCUT2D eigenvalue weighted by atomic mass is 35.5. The van der Waals surface area contributed by atoms with Crippen LogP contribution in [0, 0.1) is 0 Å². The molecule has 1 N–H and O–H groups in total. The van der Waals surface area contributed by atoms with Crippen molar-refractivity contribution in [1.29, 1.82) is 0 Å². The van der Waals surface area contributed by atoms with E-state index in [0.29, 0.717) is 6.20 Å². The zero-order valence-electron chi connectivity index (χ0n) is 10.7. The second kappa shape index (κ2) is 5.36. The van der Waals surface area contributed by atoms with E-state index in [-0.39, 0.29) is 11.1 Å². The van der Waals surface area contributed by atoms with Crippen LogP contribution in [0.15, 0.2) is 18.3 Å². The molecule has 0 aliphatic heterocycles. The summed E-state index contributed by atoms with van der Waals surface area (Å²) in [6.45, 7) is 5.14. The zero-order chi connectivity index (χ0) is 14.8. The van der Waals surface area contributed by atoms with Gasteiger partial charge >= 0.3 is 6.18 Å². The van der Waals surface area contributed by atoms with Gasteiger partial charge in [-0.15, -0.1) is 11.6 Å². The third-order valence-electron chi connectivity index (χ3n) is 2.75. The fraction of sp³-hybridized carbons (Fsp3) is 0.500. The molecule has 0 fully saturated rings. The predicted molar refractivity (Wildman–Crippen MR) is 66.1 cm³/mol. The van der Waals surface area contributed by atoms with E-state index in [0.717, 1.165) is 12.1 Å². The van der Waals surface area contributed by atoms with Gasteiger partial charge in [-0.3, -0.25) is 9.78 Å². The van der Waals surface area contributed by atoms with Crippen molar-refractivity contribution in [2.45, 2.75) is 37.9 Å². The molecule has 7 heteroatoms. The number of carbonyl (C=O) groups excluding carboxylic acids is 1. The van der Waals surface area contributed by atoms with Gasteiger partial charge in [0.05, 0.1) is 16.5 Å². The maximum atomic E-state index is 12.3. The van der Waals surface area contributed by atoms with Crippen LogP contribution >= 0.6 is 11.6 Å². The third-order valence-corrected chi connectivity index (χ3v) is 3.30. The third kappa shape index (κ3) is 4.09. The van der Waals surface area contributed by atoms with Gasteiger partial charge in [0, 0.05) is 6.20 Å². The van der Waals surface area contributed by atoms with Crippen molar-refractivity contribution in [3.8, 4) is 0 Å². The lowest BCUT2D eigenvalue weighted by atomic mass is 10.0. The zero-order valence-corrected chi connectivity index (χ0v) is 11.4. The molecule has 1 atom stereocenters. The summed E-state index contributed by atoms with van der Waals surface area (Å²) < 4.78 is 37.0. The Balaban J connectivity index is 2.85. The highest BCUT2D eigenvalue weighted by Gasteiger charge is 2.31. The van der Waals surface area contributed by atoms with Crippen molar-refractivity contribution in [1.82, 2.24) is 10.3 Å². The van der Waals surface area contributed by atoms with E-state index in [1.165, 1.54) is 0 Å². The van der Waals surface area contributed by atoms with Crippen LogP contribution in [0.5, 0.6) is 0 Å². The van der Waals surface area contributed by atoms with Crippen molar-refractivity contribution in [2.75, 3.05) is 0 Å². The molecule has 1 rings (SSSR count). The molecular formula is C12H14ClF3N2O. The normalized spacial score (nSPS) is 14.1. The average molecular weight is 295 g/mol. The average Bonchev–Trinajstić information content (AvgIpc) is 2.27. The van der Waals surface area contributed by atoms with Crippen LogP contribution in [-0.2, 0) is 6.18 Å². The second-order valence-corrected chi connectivity index (χ2v) is 5.38. The minimum absolute atomic E-state index is 0.0848. The highest BCUT2D eigenvalue weighted by Crippen LogP contribution is 2.28. The van der Waals surface area contributed by atoms with Gasteiger partial charge in [0.2, 0.25) is 0 Å². The van der Waals surface area contributed by atoms with E-state index in [1.54, 1.807) is 20.8 Å². The van der Waals surface area contributed by atoms with Crippen LogP contribution in [0.1, 0.15) is 36.8 Å². The Hall–Kier alpha value is -1.30. The molecule has 0 aromatic carbocycles. The number of hydrogen-bond acceptors (Lipinski definition) is 2. The van der Waals surface area contributed by atoms with E-state index < -0.39 is 23.2 Å². The van der Waals surface area contributed by atoms with E-state index in [9.17, 15) is 18.0 Å². The Labute approximate surface area is 114 Å². The standard InChI is InChI=1S/C12H14ClF3N2O/c1-7(13)11(2,3)18-10(19)9-5-4-8(6-17-9)12(14,15)16/h4-7H,1-3H3,(H,18,19). The summed E-state index contributed by atoms with van der Waals surface area (Å²) in [5.74, 6) is -0.564. The number of nitrogens with one attached hydrogen (secondary N) is 1. The number of nitrogens with zero attached hydrogens (tertiary/aromatic N) is 1. The van der Waals surface area contributed by atoms with Crippen LogP contribution in [0.4, 0.5) is 13.2 Å². The van der Waals surface area contributed by atoms with E-state index >= 15 is 0 Å². The molecule has 1 heterocycles. The number of hydrogen-bond donors (Lipinski definition) is 1. The van der Waals surface area contributed by atoms with Gasteiger partial charge in [0.1, 0.15) is 5.69 Å². The van der Waals surface area contributed by atoms with Crippen LogP contribution < -0.4 is 5.32 Å². The highest BCUT2D eigenvalue weighted by molar-refractivity contribution is 6.21. The maximum Gasteiger partial charge on any atom is 0.417 e. The molecule has 106 valence electrons. The summed E-state index contributed by atoms with van der Waals surface area (Å²) in [4.78, 5) is 15.3. The van der Waals surface area contributed by atoms with Crippen molar-refractivity contribution < 1.29 is 18.0 Å². The van der Waals surface area contributed by atoms with Gasteiger partial charge < -0.3 is 5.32 Å². The van der Waals surface area contributed by atoms with Gasteiger partial charge in [-0.25, -0.2) is 0 Å². The van der Waals surface area contributed by atoms with Gasteiger partial charge in [-0.2, -0.15) is 13.2 Å². The number of carbonyl (C=O) groups is 1. The smallest absolute Gasteiger partial charge is 0.344 e. The van der Waals surface area contributed by atoms with Crippen LogP contribution in [0.25, 0.3) is 0 Å². The molecule has 0 saturated heterocycles. The number of halogens is 4. The number of aromatic nitrogens is 1. The fourth-order valence-corrected chi connectivity index (χ4v) is 1.21. The Morgan fingerprint density at radius 3 is 2.32 bits per heavy atom. The number of amides is 1. The first-order chi connectivity index (χ1) is 8.54. The predicted octanol–water partition coefficient (Wildman–Crippen LogP) is 3.24. The van der Waals surface area contributed by atoms with Gasteiger partial charge in [-0.1, -0.05) is 0 Å². The lowest BCUT2D eigenvalue weighted by Crippen LogP contribution is -2.49. The Morgan fingerprint density at radius 1 is 1.37 bits per heavy atom. The van der Waals surface area contributed by atoms with Crippen molar-refractivity contribution >= 4 is 17.5 Å². The topological polar surface area (TPSA) is 42.0 Å². The van der Waals surface area contributed by atoms with E-state index in [1.807, 2.05) is 0 Å². The van der Waals surface area contributed by atoms with Crippen LogP contribution in [-0.4, -0.2) is 21.8 Å². The van der Waals surface area contributed by atoms with Crippen molar-refractivity contribution in [2.24, 2.45) is 0 Å². The molecule has 1 amide bonds. The molecule has 1 unspecified atom stereocenters. The summed E-state index contributed by atoms with van der Waals surface area (Å²) in [5, 5.41) is 2.27. The second-order valence-electron chi connectivity index (χ2n) is 4.72. The molecule has 1 aromatic heterocycles.